The Labute approximate surface area is 90.5 Å². The van der Waals surface area contributed by atoms with Crippen LogP contribution in [0.25, 0.3) is 0 Å². The van der Waals surface area contributed by atoms with Crippen LogP contribution < -0.4 is 10.6 Å². The second kappa shape index (κ2) is 4.76. The normalized spacial score (nSPS) is 39.0. The molecule has 2 rings (SSSR count). The highest BCUT2D eigenvalue weighted by atomic mass is 16.3. The number of nitrogens with one attached hydrogen (secondary N) is 2. The fourth-order valence-electron chi connectivity index (χ4n) is 2.66. The number of nitrogens with zero attached hydrogens (tertiary/aromatic N) is 1. The predicted molar refractivity (Wildman–Crippen MR) is 56.9 cm³/mol. The molecular weight excluding hydrogens is 194 g/mol. The second-order valence-corrected chi connectivity index (χ2v) is 4.56. The van der Waals surface area contributed by atoms with E-state index in [4.69, 9.17) is 0 Å². The molecule has 0 aromatic carbocycles. The lowest BCUT2D eigenvalue weighted by atomic mass is 9.84. The molecule has 4 N–H and O–H groups in total. The highest BCUT2D eigenvalue weighted by Gasteiger charge is 2.39. The molecule has 4 unspecified atom stereocenters. The fourth-order valence-corrected chi connectivity index (χ4v) is 2.66. The molecule has 0 aromatic heterocycles. The van der Waals surface area contributed by atoms with Crippen LogP contribution in [0.5, 0.6) is 0 Å². The summed E-state index contributed by atoms with van der Waals surface area (Å²) in [7, 11) is 0. The summed E-state index contributed by atoms with van der Waals surface area (Å²) in [6.07, 6.45) is -0.166. The molecule has 2 fully saturated rings. The molecular formula is C10H21N3O2. The first-order chi connectivity index (χ1) is 7.22. The van der Waals surface area contributed by atoms with Gasteiger partial charge in [-0.05, 0) is 25.4 Å². The Morgan fingerprint density at radius 3 is 3.07 bits per heavy atom. The second-order valence-electron chi connectivity index (χ2n) is 4.56. The third kappa shape index (κ3) is 2.32. The number of aliphatic hydroxyl groups is 2. The van der Waals surface area contributed by atoms with Crippen LogP contribution in [0.2, 0.25) is 0 Å². The molecule has 4 atom stereocenters. The maximum absolute atomic E-state index is 10.1. The summed E-state index contributed by atoms with van der Waals surface area (Å²) in [4.78, 5) is 1.77. The number of piperidine rings is 2. The molecule has 88 valence electrons. The number of fused-ring (bicyclic) bond motifs is 2. The van der Waals surface area contributed by atoms with E-state index in [0.29, 0.717) is 12.5 Å². The summed E-state index contributed by atoms with van der Waals surface area (Å²) >= 11 is 0. The maximum Gasteiger partial charge on any atom is 0.165 e. The lowest BCUT2D eigenvalue weighted by molar-refractivity contribution is -0.171. The Bertz CT molecular complexity index is 215. The molecule has 0 saturated carbocycles. The van der Waals surface area contributed by atoms with Gasteiger partial charge in [0.2, 0.25) is 0 Å². The zero-order chi connectivity index (χ0) is 10.8. The van der Waals surface area contributed by atoms with Crippen molar-refractivity contribution in [2.24, 2.45) is 11.8 Å². The van der Waals surface area contributed by atoms with Gasteiger partial charge >= 0.3 is 0 Å². The van der Waals surface area contributed by atoms with Gasteiger partial charge in [-0.2, -0.15) is 0 Å². The quantitative estimate of drug-likeness (QED) is 0.442. The molecule has 0 amide bonds. The first-order valence-electron chi connectivity index (χ1n) is 5.78. The average Bonchev–Trinajstić information content (AvgIpc) is 2.24. The van der Waals surface area contributed by atoms with Crippen molar-refractivity contribution in [3.63, 3.8) is 0 Å². The van der Waals surface area contributed by atoms with E-state index in [1.54, 1.807) is 4.90 Å². The SMILES string of the molecule is CCNC(O)N1CC2CNCC(C2)C1O. The standard InChI is InChI=1S/C10H21N3O2/c1-2-12-10(15)13-6-7-3-8(9(13)14)5-11-4-7/h7-12,14-15H,2-6H2,1H3. The highest BCUT2D eigenvalue weighted by molar-refractivity contribution is 4.88. The van der Waals surface area contributed by atoms with Gasteiger partial charge in [0.25, 0.3) is 0 Å². The van der Waals surface area contributed by atoms with Crippen molar-refractivity contribution in [2.75, 3.05) is 26.2 Å². The van der Waals surface area contributed by atoms with Crippen molar-refractivity contribution in [3.05, 3.63) is 0 Å². The van der Waals surface area contributed by atoms with Gasteiger partial charge in [-0.3, -0.25) is 5.32 Å². The minimum Gasteiger partial charge on any atom is -0.378 e. The Kier molecular flexibility index (Phi) is 3.58. The molecule has 5 heteroatoms. The molecule has 0 aliphatic carbocycles. The lowest BCUT2D eigenvalue weighted by Crippen LogP contribution is -2.62. The van der Waals surface area contributed by atoms with Crippen molar-refractivity contribution < 1.29 is 10.2 Å². The van der Waals surface area contributed by atoms with Crippen molar-refractivity contribution in [2.45, 2.75) is 25.9 Å². The third-order valence-corrected chi connectivity index (χ3v) is 3.41. The van der Waals surface area contributed by atoms with Crippen LogP contribution in [0, 0.1) is 11.8 Å². The van der Waals surface area contributed by atoms with Gasteiger partial charge < -0.3 is 15.5 Å². The van der Waals surface area contributed by atoms with Crippen LogP contribution in [-0.2, 0) is 0 Å². The summed E-state index contributed by atoms with van der Waals surface area (Å²) in [5.41, 5.74) is 0. The molecule has 2 saturated heterocycles. The van der Waals surface area contributed by atoms with Gasteiger partial charge in [0.15, 0.2) is 6.35 Å². The summed E-state index contributed by atoms with van der Waals surface area (Å²) in [5, 5.41) is 26.2. The molecule has 0 aromatic rings. The summed E-state index contributed by atoms with van der Waals surface area (Å²) in [6, 6.07) is 0. The Balaban J connectivity index is 1.99. The molecule has 0 radical (unpaired) electrons. The Hall–Kier alpha value is -0.200. The van der Waals surface area contributed by atoms with Gasteiger partial charge in [0.1, 0.15) is 6.23 Å². The minimum atomic E-state index is -0.714. The van der Waals surface area contributed by atoms with Crippen LogP contribution >= 0.6 is 0 Å². The number of rotatable bonds is 3. The van der Waals surface area contributed by atoms with Crippen molar-refractivity contribution in [1.82, 2.24) is 15.5 Å². The first-order valence-corrected chi connectivity index (χ1v) is 5.78. The number of hydrogen-bond acceptors (Lipinski definition) is 5. The number of likely N-dealkylation sites (tertiary alicyclic amines) is 1. The van der Waals surface area contributed by atoms with Crippen LogP contribution in [0.3, 0.4) is 0 Å². The van der Waals surface area contributed by atoms with E-state index < -0.39 is 12.6 Å². The Morgan fingerprint density at radius 1 is 1.53 bits per heavy atom. The summed E-state index contributed by atoms with van der Waals surface area (Å²) in [6.45, 7) is 5.27. The van der Waals surface area contributed by atoms with E-state index in [2.05, 4.69) is 10.6 Å². The predicted octanol–water partition coefficient (Wildman–Crippen LogP) is -1.27. The number of aliphatic hydroxyl groups excluding tert-OH is 2. The number of hydrogen-bond donors (Lipinski definition) is 4. The fraction of sp³-hybridized carbons (Fsp3) is 1.00. The topological polar surface area (TPSA) is 67.8 Å². The van der Waals surface area contributed by atoms with Gasteiger partial charge in [0.05, 0.1) is 0 Å². The smallest absolute Gasteiger partial charge is 0.165 e. The molecule has 2 aliphatic rings. The van der Waals surface area contributed by atoms with Crippen molar-refractivity contribution in [1.29, 1.82) is 0 Å². The summed E-state index contributed by atoms with van der Waals surface area (Å²) < 4.78 is 0. The monoisotopic (exact) mass is 215 g/mol. The maximum atomic E-state index is 10.1. The Morgan fingerprint density at radius 2 is 2.33 bits per heavy atom. The van der Waals surface area contributed by atoms with Gasteiger partial charge in [-0.1, -0.05) is 6.92 Å². The molecule has 0 spiro atoms. The molecule has 2 aliphatic heterocycles. The third-order valence-electron chi connectivity index (χ3n) is 3.41. The average molecular weight is 215 g/mol. The van der Waals surface area contributed by atoms with E-state index in [1.807, 2.05) is 6.92 Å². The zero-order valence-corrected chi connectivity index (χ0v) is 9.19. The molecule has 2 heterocycles. The molecule has 5 nitrogen and oxygen atoms in total. The van der Waals surface area contributed by atoms with Crippen LogP contribution in [0.4, 0.5) is 0 Å². The van der Waals surface area contributed by atoms with Gasteiger partial charge in [-0.15, -0.1) is 0 Å². The molecule has 15 heavy (non-hydrogen) atoms. The van der Waals surface area contributed by atoms with Gasteiger partial charge in [0, 0.05) is 19.0 Å². The molecule has 2 bridgehead atoms. The van der Waals surface area contributed by atoms with Crippen LogP contribution in [0.15, 0.2) is 0 Å². The minimum absolute atomic E-state index is 0.255. The van der Waals surface area contributed by atoms with E-state index >= 15 is 0 Å². The van der Waals surface area contributed by atoms with Crippen LogP contribution in [0.1, 0.15) is 13.3 Å². The largest absolute Gasteiger partial charge is 0.378 e. The van der Waals surface area contributed by atoms with Crippen molar-refractivity contribution >= 4 is 0 Å². The first kappa shape index (κ1) is 11.3. The van der Waals surface area contributed by atoms with E-state index in [1.165, 1.54) is 0 Å². The van der Waals surface area contributed by atoms with E-state index in [0.717, 1.165) is 26.1 Å². The van der Waals surface area contributed by atoms with Crippen LogP contribution in [-0.4, -0.2) is 53.9 Å². The van der Waals surface area contributed by atoms with Gasteiger partial charge in [-0.25, -0.2) is 4.90 Å². The van der Waals surface area contributed by atoms with E-state index in [9.17, 15) is 10.2 Å². The highest BCUT2D eigenvalue weighted by Crippen LogP contribution is 2.29. The van der Waals surface area contributed by atoms with E-state index in [-0.39, 0.29) is 5.92 Å². The van der Waals surface area contributed by atoms with Crippen molar-refractivity contribution in [3.8, 4) is 0 Å². The summed E-state index contributed by atoms with van der Waals surface area (Å²) in [5.74, 6) is 0.811. The lowest BCUT2D eigenvalue weighted by Gasteiger charge is -2.46. The zero-order valence-electron chi connectivity index (χ0n) is 9.19.